The van der Waals surface area contributed by atoms with Crippen LogP contribution >= 0.6 is 15.9 Å². The molecular weight excluding hydrogens is 341 g/mol. The van der Waals surface area contributed by atoms with Crippen molar-refractivity contribution in [1.29, 1.82) is 0 Å². The van der Waals surface area contributed by atoms with Crippen molar-refractivity contribution in [3.63, 3.8) is 0 Å². The van der Waals surface area contributed by atoms with Gasteiger partial charge in [-0.25, -0.2) is 0 Å². The number of amides is 1. The van der Waals surface area contributed by atoms with Crippen LogP contribution in [0, 0.1) is 0 Å². The van der Waals surface area contributed by atoms with Crippen molar-refractivity contribution in [3.05, 3.63) is 35.3 Å². The molecular formula is C12H12BrF3N2O2. The molecule has 0 radical (unpaired) electrons. The third-order valence-electron chi connectivity index (χ3n) is 2.18. The Bertz CT molecular complexity index is 506. The summed E-state index contributed by atoms with van der Waals surface area (Å²) in [5, 5.41) is 2.29. The van der Waals surface area contributed by atoms with Crippen LogP contribution in [0.25, 0.3) is 0 Å². The first-order chi connectivity index (χ1) is 9.23. The van der Waals surface area contributed by atoms with Crippen molar-refractivity contribution < 1.29 is 22.7 Å². The lowest BCUT2D eigenvalue weighted by Crippen LogP contribution is -2.35. The van der Waals surface area contributed by atoms with E-state index in [1.165, 1.54) is 18.2 Å². The van der Waals surface area contributed by atoms with Crippen LogP contribution in [0.3, 0.4) is 0 Å². The lowest BCUT2D eigenvalue weighted by molar-refractivity contribution is -0.274. The number of anilines is 1. The van der Waals surface area contributed by atoms with Gasteiger partial charge in [-0.05, 0) is 24.6 Å². The fourth-order valence-electron chi connectivity index (χ4n) is 1.32. The number of nitrogens with two attached hydrogens (primary N) is 1. The lowest BCUT2D eigenvalue weighted by atomic mass is 10.2. The van der Waals surface area contributed by atoms with E-state index in [0.717, 1.165) is 6.07 Å². The molecule has 0 spiro atoms. The van der Waals surface area contributed by atoms with Crippen LogP contribution in [0.2, 0.25) is 0 Å². The maximum absolute atomic E-state index is 12.3. The molecule has 1 atom stereocenters. The van der Waals surface area contributed by atoms with Gasteiger partial charge in [-0.2, -0.15) is 0 Å². The largest absolute Gasteiger partial charge is 0.573 e. The normalized spacial score (nSPS) is 12.7. The molecule has 0 aliphatic carbocycles. The highest BCUT2D eigenvalue weighted by atomic mass is 79.9. The van der Waals surface area contributed by atoms with Gasteiger partial charge in [-0.1, -0.05) is 22.0 Å². The number of halogens is 4. The number of ether oxygens (including phenoxy) is 1. The highest BCUT2D eigenvalue weighted by Gasteiger charge is 2.32. The zero-order chi connectivity index (χ0) is 15.3. The predicted molar refractivity (Wildman–Crippen MR) is 72.2 cm³/mol. The average molecular weight is 353 g/mol. The van der Waals surface area contributed by atoms with Crippen molar-refractivity contribution in [2.24, 2.45) is 5.73 Å². The van der Waals surface area contributed by atoms with Gasteiger partial charge in [0.1, 0.15) is 0 Å². The Morgan fingerprint density at radius 2 is 2.20 bits per heavy atom. The Kier molecular flexibility index (Phi) is 5.58. The van der Waals surface area contributed by atoms with Crippen LogP contribution in [0.4, 0.5) is 18.9 Å². The molecule has 110 valence electrons. The van der Waals surface area contributed by atoms with Crippen LogP contribution < -0.4 is 15.8 Å². The molecule has 8 heteroatoms. The Morgan fingerprint density at radius 1 is 1.55 bits per heavy atom. The second kappa shape index (κ2) is 6.76. The summed E-state index contributed by atoms with van der Waals surface area (Å²) in [6, 6.07) is 2.96. The molecule has 0 saturated heterocycles. The molecule has 1 aromatic carbocycles. The number of nitrogens with one attached hydrogen (secondary N) is 1. The topological polar surface area (TPSA) is 64.4 Å². The Balaban J connectivity index is 2.94. The number of alkyl halides is 3. The Labute approximate surface area is 121 Å². The first-order valence-electron chi connectivity index (χ1n) is 5.45. The molecule has 1 unspecified atom stereocenters. The summed E-state index contributed by atoms with van der Waals surface area (Å²) in [4.78, 5) is 11.7. The molecule has 0 aromatic heterocycles. The molecule has 0 bridgehead atoms. The number of carbonyl (C=O) groups is 1. The average Bonchev–Trinajstić information content (AvgIpc) is 2.30. The number of hydrogen-bond donors (Lipinski definition) is 2. The SMILES string of the molecule is C=CCC(N)C(=O)Nc1ccc(Br)cc1OC(F)(F)F. The van der Waals surface area contributed by atoms with E-state index in [4.69, 9.17) is 5.73 Å². The quantitative estimate of drug-likeness (QED) is 0.800. The minimum Gasteiger partial charge on any atom is -0.404 e. The minimum absolute atomic E-state index is 0.116. The van der Waals surface area contributed by atoms with E-state index in [9.17, 15) is 18.0 Å². The number of hydrogen-bond acceptors (Lipinski definition) is 3. The van der Waals surface area contributed by atoms with E-state index in [2.05, 4.69) is 32.6 Å². The van der Waals surface area contributed by atoms with Crippen molar-refractivity contribution in [3.8, 4) is 5.75 Å². The number of rotatable bonds is 5. The minimum atomic E-state index is -4.86. The smallest absolute Gasteiger partial charge is 0.404 e. The first kappa shape index (κ1) is 16.5. The fraction of sp³-hybridized carbons (Fsp3) is 0.250. The molecule has 4 nitrogen and oxygen atoms in total. The van der Waals surface area contributed by atoms with Gasteiger partial charge in [-0.15, -0.1) is 19.8 Å². The molecule has 1 amide bonds. The van der Waals surface area contributed by atoms with Crippen LogP contribution in [0.1, 0.15) is 6.42 Å². The van der Waals surface area contributed by atoms with Crippen molar-refractivity contribution in [1.82, 2.24) is 0 Å². The van der Waals surface area contributed by atoms with Crippen molar-refractivity contribution in [2.45, 2.75) is 18.8 Å². The predicted octanol–water partition coefficient (Wildman–Crippen LogP) is 3.19. The summed E-state index contributed by atoms with van der Waals surface area (Å²) in [6.07, 6.45) is -3.21. The van der Waals surface area contributed by atoms with Crippen LogP contribution in [-0.2, 0) is 4.79 Å². The van der Waals surface area contributed by atoms with Crippen molar-refractivity contribution in [2.75, 3.05) is 5.32 Å². The summed E-state index contributed by atoms with van der Waals surface area (Å²) in [5.74, 6) is -1.15. The van der Waals surface area contributed by atoms with Crippen molar-refractivity contribution >= 4 is 27.5 Å². The van der Waals surface area contributed by atoms with Gasteiger partial charge in [0.2, 0.25) is 5.91 Å². The highest BCUT2D eigenvalue weighted by Crippen LogP contribution is 2.33. The molecule has 1 rings (SSSR count). The molecule has 0 heterocycles. The maximum Gasteiger partial charge on any atom is 0.573 e. The van der Waals surface area contributed by atoms with Gasteiger partial charge >= 0.3 is 6.36 Å². The van der Waals surface area contributed by atoms with Gasteiger partial charge in [-0.3, -0.25) is 4.79 Å². The molecule has 20 heavy (non-hydrogen) atoms. The Morgan fingerprint density at radius 3 is 2.75 bits per heavy atom. The number of benzene rings is 1. The second-order valence-corrected chi connectivity index (χ2v) is 4.72. The summed E-state index contributed by atoms with van der Waals surface area (Å²) in [5.41, 5.74) is 5.41. The van der Waals surface area contributed by atoms with Gasteiger partial charge in [0.05, 0.1) is 11.7 Å². The molecule has 0 aliphatic heterocycles. The van der Waals surface area contributed by atoms with E-state index in [-0.39, 0.29) is 12.1 Å². The van der Waals surface area contributed by atoms with Gasteiger partial charge < -0.3 is 15.8 Å². The lowest BCUT2D eigenvalue weighted by Gasteiger charge is -2.16. The van der Waals surface area contributed by atoms with E-state index >= 15 is 0 Å². The van der Waals surface area contributed by atoms with Gasteiger partial charge in [0, 0.05) is 4.47 Å². The molecule has 3 N–H and O–H groups in total. The summed E-state index contributed by atoms with van der Waals surface area (Å²) >= 11 is 3.03. The summed E-state index contributed by atoms with van der Waals surface area (Å²) in [7, 11) is 0. The fourth-order valence-corrected chi connectivity index (χ4v) is 1.66. The second-order valence-electron chi connectivity index (χ2n) is 3.81. The molecule has 1 aromatic rings. The first-order valence-corrected chi connectivity index (χ1v) is 6.25. The van der Waals surface area contributed by atoms with E-state index in [1.54, 1.807) is 0 Å². The van der Waals surface area contributed by atoms with E-state index in [1.807, 2.05) is 0 Å². The summed E-state index contributed by atoms with van der Waals surface area (Å²) in [6.45, 7) is 3.43. The van der Waals surface area contributed by atoms with Gasteiger partial charge in [0.15, 0.2) is 5.75 Å². The number of carbonyl (C=O) groups excluding carboxylic acids is 1. The maximum atomic E-state index is 12.3. The molecule has 0 aliphatic rings. The van der Waals surface area contributed by atoms with Crippen LogP contribution in [0.15, 0.2) is 35.3 Å². The zero-order valence-corrected chi connectivity index (χ0v) is 11.8. The highest BCUT2D eigenvalue weighted by molar-refractivity contribution is 9.10. The van der Waals surface area contributed by atoms with Crippen LogP contribution in [0.5, 0.6) is 5.75 Å². The monoisotopic (exact) mass is 352 g/mol. The Hall–Kier alpha value is -1.54. The summed E-state index contributed by atoms with van der Waals surface area (Å²) < 4.78 is 41.1. The third-order valence-corrected chi connectivity index (χ3v) is 2.68. The standard InChI is InChI=1S/C12H12BrF3N2O2/c1-2-3-8(17)11(19)18-9-5-4-7(13)6-10(9)20-12(14,15)16/h2,4-6,8H,1,3,17H2,(H,18,19). The zero-order valence-electron chi connectivity index (χ0n) is 10.2. The molecule has 0 fully saturated rings. The van der Waals surface area contributed by atoms with Crippen LogP contribution in [-0.4, -0.2) is 18.3 Å². The van der Waals surface area contributed by atoms with Gasteiger partial charge in [0.25, 0.3) is 0 Å². The van der Waals surface area contributed by atoms with E-state index < -0.39 is 24.1 Å². The molecule has 0 saturated carbocycles. The van der Waals surface area contributed by atoms with E-state index in [0.29, 0.717) is 4.47 Å². The third kappa shape index (κ3) is 5.22.